The molecule has 3 N–H and O–H groups in total. The summed E-state index contributed by atoms with van der Waals surface area (Å²) in [5.74, 6) is -0.726. The molecular formula is C9H13FN2O2S. The SMILES string of the molecule is CCCS(=O)(=O)Nc1c(N)cccc1F. The van der Waals surface area contributed by atoms with Gasteiger partial charge in [0.25, 0.3) is 0 Å². The molecule has 0 bridgehead atoms. The molecule has 0 aromatic heterocycles. The molecular weight excluding hydrogens is 219 g/mol. The third-order valence-electron chi connectivity index (χ3n) is 1.78. The predicted octanol–water partition coefficient (Wildman–Crippen LogP) is 1.56. The average molecular weight is 232 g/mol. The minimum absolute atomic E-state index is 0.0548. The molecule has 0 spiro atoms. The molecule has 0 aliphatic carbocycles. The first-order valence-corrected chi connectivity index (χ1v) is 6.16. The zero-order chi connectivity index (χ0) is 11.5. The third kappa shape index (κ3) is 3.09. The summed E-state index contributed by atoms with van der Waals surface area (Å²) in [5, 5.41) is 0. The second-order valence-corrected chi connectivity index (χ2v) is 4.97. The monoisotopic (exact) mass is 232 g/mol. The molecule has 0 saturated carbocycles. The van der Waals surface area contributed by atoms with Gasteiger partial charge in [-0.05, 0) is 18.6 Å². The zero-order valence-corrected chi connectivity index (χ0v) is 9.14. The summed E-state index contributed by atoms with van der Waals surface area (Å²) in [4.78, 5) is 0. The Kier molecular flexibility index (Phi) is 3.52. The summed E-state index contributed by atoms with van der Waals surface area (Å²) in [6, 6.07) is 4.01. The van der Waals surface area contributed by atoms with Gasteiger partial charge in [-0.3, -0.25) is 4.72 Å². The Morgan fingerprint density at radius 3 is 2.67 bits per heavy atom. The van der Waals surface area contributed by atoms with Crippen LogP contribution in [0, 0.1) is 5.82 Å². The number of halogens is 1. The molecule has 4 nitrogen and oxygen atoms in total. The van der Waals surface area contributed by atoms with Gasteiger partial charge in [0, 0.05) is 0 Å². The Morgan fingerprint density at radius 2 is 2.13 bits per heavy atom. The number of hydrogen-bond acceptors (Lipinski definition) is 3. The van der Waals surface area contributed by atoms with Crippen molar-refractivity contribution in [1.82, 2.24) is 0 Å². The summed E-state index contributed by atoms with van der Waals surface area (Å²) in [5.41, 5.74) is 5.36. The van der Waals surface area contributed by atoms with Crippen LogP contribution < -0.4 is 10.5 Å². The van der Waals surface area contributed by atoms with E-state index in [1.807, 2.05) is 0 Å². The summed E-state index contributed by atoms with van der Waals surface area (Å²) < 4.78 is 38.1. The van der Waals surface area contributed by atoms with Crippen molar-refractivity contribution in [3.63, 3.8) is 0 Å². The molecule has 1 rings (SSSR count). The van der Waals surface area contributed by atoms with Crippen molar-refractivity contribution in [3.05, 3.63) is 24.0 Å². The Labute approximate surface area is 88.3 Å². The second-order valence-electron chi connectivity index (χ2n) is 3.12. The van der Waals surface area contributed by atoms with Crippen LogP contribution in [0.2, 0.25) is 0 Å². The number of rotatable bonds is 4. The highest BCUT2D eigenvalue weighted by Crippen LogP contribution is 2.22. The van der Waals surface area contributed by atoms with Crippen LogP contribution in [0.15, 0.2) is 18.2 Å². The highest BCUT2D eigenvalue weighted by molar-refractivity contribution is 7.92. The molecule has 84 valence electrons. The van der Waals surface area contributed by atoms with Gasteiger partial charge in [0.2, 0.25) is 10.0 Å². The molecule has 6 heteroatoms. The van der Waals surface area contributed by atoms with Crippen molar-refractivity contribution in [2.24, 2.45) is 0 Å². The van der Waals surface area contributed by atoms with E-state index in [-0.39, 0.29) is 17.1 Å². The van der Waals surface area contributed by atoms with Gasteiger partial charge >= 0.3 is 0 Å². The largest absolute Gasteiger partial charge is 0.397 e. The van der Waals surface area contributed by atoms with Crippen molar-refractivity contribution in [2.45, 2.75) is 13.3 Å². The minimum Gasteiger partial charge on any atom is -0.397 e. The molecule has 0 heterocycles. The lowest BCUT2D eigenvalue weighted by Gasteiger charge is -2.10. The summed E-state index contributed by atoms with van der Waals surface area (Å²) in [7, 11) is -3.50. The summed E-state index contributed by atoms with van der Waals surface area (Å²) in [6.45, 7) is 1.73. The van der Waals surface area contributed by atoms with E-state index in [1.165, 1.54) is 12.1 Å². The zero-order valence-electron chi connectivity index (χ0n) is 8.33. The Bertz CT molecular complexity index is 425. The number of para-hydroxylation sites is 1. The average Bonchev–Trinajstić information content (AvgIpc) is 2.11. The van der Waals surface area contributed by atoms with Gasteiger partial charge in [-0.15, -0.1) is 0 Å². The Hall–Kier alpha value is -1.30. The number of nitrogens with one attached hydrogen (secondary N) is 1. The van der Waals surface area contributed by atoms with Gasteiger partial charge in [-0.2, -0.15) is 0 Å². The van der Waals surface area contributed by atoms with Crippen molar-refractivity contribution >= 4 is 21.4 Å². The molecule has 0 aliphatic heterocycles. The second kappa shape index (κ2) is 4.48. The molecule has 0 unspecified atom stereocenters. The fourth-order valence-electron chi connectivity index (χ4n) is 1.12. The lowest BCUT2D eigenvalue weighted by Crippen LogP contribution is -2.18. The minimum atomic E-state index is -3.50. The van der Waals surface area contributed by atoms with Gasteiger partial charge in [-0.1, -0.05) is 13.0 Å². The molecule has 1 aromatic carbocycles. The fourth-order valence-corrected chi connectivity index (χ4v) is 2.29. The van der Waals surface area contributed by atoms with Crippen LogP contribution in [0.1, 0.15) is 13.3 Å². The van der Waals surface area contributed by atoms with Crippen molar-refractivity contribution in [2.75, 3.05) is 16.2 Å². The van der Waals surface area contributed by atoms with E-state index in [0.717, 1.165) is 6.07 Å². The molecule has 0 saturated heterocycles. The first kappa shape index (κ1) is 11.8. The number of nitrogen functional groups attached to an aromatic ring is 1. The van der Waals surface area contributed by atoms with E-state index < -0.39 is 15.8 Å². The van der Waals surface area contributed by atoms with E-state index in [1.54, 1.807) is 6.92 Å². The summed E-state index contributed by atoms with van der Waals surface area (Å²) >= 11 is 0. The van der Waals surface area contributed by atoms with Gasteiger partial charge in [0.15, 0.2) is 0 Å². The maximum Gasteiger partial charge on any atom is 0.232 e. The van der Waals surface area contributed by atoms with Crippen molar-refractivity contribution < 1.29 is 12.8 Å². The van der Waals surface area contributed by atoms with Crippen molar-refractivity contribution in [1.29, 1.82) is 0 Å². The van der Waals surface area contributed by atoms with Gasteiger partial charge in [0.1, 0.15) is 11.5 Å². The molecule has 0 amide bonds. The maximum atomic E-state index is 13.2. The Morgan fingerprint density at radius 1 is 1.47 bits per heavy atom. The predicted molar refractivity (Wildman–Crippen MR) is 58.5 cm³/mol. The summed E-state index contributed by atoms with van der Waals surface area (Å²) in [6.07, 6.45) is 0.462. The molecule has 0 aliphatic rings. The van der Waals surface area contributed by atoms with E-state index in [4.69, 9.17) is 5.73 Å². The third-order valence-corrected chi connectivity index (χ3v) is 3.24. The molecule has 0 atom stereocenters. The van der Waals surface area contributed by atoms with Crippen LogP contribution in [-0.4, -0.2) is 14.2 Å². The van der Waals surface area contributed by atoms with Crippen LogP contribution in [-0.2, 0) is 10.0 Å². The van der Waals surface area contributed by atoms with Crippen LogP contribution in [0.25, 0.3) is 0 Å². The van der Waals surface area contributed by atoms with Crippen LogP contribution in [0.5, 0.6) is 0 Å². The first-order valence-electron chi connectivity index (χ1n) is 4.50. The fraction of sp³-hybridized carbons (Fsp3) is 0.333. The number of nitrogens with two attached hydrogens (primary N) is 1. The van der Waals surface area contributed by atoms with Crippen LogP contribution in [0.3, 0.4) is 0 Å². The Balaban J connectivity index is 2.99. The smallest absolute Gasteiger partial charge is 0.232 e. The lowest BCUT2D eigenvalue weighted by molar-refractivity contribution is 0.597. The number of anilines is 2. The number of benzene rings is 1. The van der Waals surface area contributed by atoms with Crippen molar-refractivity contribution in [3.8, 4) is 0 Å². The molecule has 15 heavy (non-hydrogen) atoms. The quantitative estimate of drug-likeness (QED) is 0.774. The molecule has 0 radical (unpaired) electrons. The first-order chi connectivity index (χ1) is 6.96. The van der Waals surface area contributed by atoms with E-state index in [9.17, 15) is 12.8 Å². The number of sulfonamides is 1. The van der Waals surface area contributed by atoms with Crippen LogP contribution >= 0.6 is 0 Å². The molecule has 1 aromatic rings. The standard InChI is InChI=1S/C9H13FN2O2S/c1-2-6-15(13,14)12-9-7(10)4-3-5-8(9)11/h3-5,12H,2,6,11H2,1H3. The van der Waals surface area contributed by atoms with E-state index in [2.05, 4.69) is 4.72 Å². The highest BCUT2D eigenvalue weighted by atomic mass is 32.2. The van der Waals surface area contributed by atoms with E-state index >= 15 is 0 Å². The topological polar surface area (TPSA) is 72.2 Å². The highest BCUT2D eigenvalue weighted by Gasteiger charge is 2.13. The van der Waals surface area contributed by atoms with Gasteiger partial charge in [0.05, 0.1) is 11.4 Å². The van der Waals surface area contributed by atoms with Crippen LogP contribution in [0.4, 0.5) is 15.8 Å². The lowest BCUT2D eigenvalue weighted by atomic mass is 10.3. The normalized spacial score (nSPS) is 11.3. The van der Waals surface area contributed by atoms with Gasteiger partial charge < -0.3 is 5.73 Å². The number of hydrogen-bond donors (Lipinski definition) is 2. The van der Waals surface area contributed by atoms with Gasteiger partial charge in [-0.25, -0.2) is 12.8 Å². The molecule has 0 fully saturated rings. The van der Waals surface area contributed by atoms with E-state index in [0.29, 0.717) is 6.42 Å². The maximum absolute atomic E-state index is 13.2.